The number of aryl methyl sites for hydroxylation is 1. The Labute approximate surface area is 194 Å². The maximum atomic E-state index is 13.7. The molecule has 1 heterocycles. The van der Waals surface area contributed by atoms with Crippen molar-refractivity contribution in [2.45, 2.75) is 35.5 Å². The minimum absolute atomic E-state index is 0.0364. The third-order valence-corrected chi connectivity index (χ3v) is 5.99. The summed E-state index contributed by atoms with van der Waals surface area (Å²) >= 11 is 0.707. The van der Waals surface area contributed by atoms with Crippen LogP contribution in [-0.2, 0) is 13.2 Å². The van der Waals surface area contributed by atoms with E-state index in [0.717, 1.165) is 16.8 Å². The largest absolute Gasteiger partial charge is 0.478 e. The molecule has 0 saturated carbocycles. The lowest BCUT2D eigenvalue weighted by Crippen LogP contribution is -2.27. The van der Waals surface area contributed by atoms with Gasteiger partial charge in [-0.15, -0.1) is 0 Å². The fourth-order valence-electron chi connectivity index (χ4n) is 3.13. The second-order valence-corrected chi connectivity index (χ2v) is 8.30. The number of carbonyl (C=O) groups is 2. The van der Waals surface area contributed by atoms with E-state index in [2.05, 4.69) is 10.4 Å². The van der Waals surface area contributed by atoms with Gasteiger partial charge in [-0.25, -0.2) is 13.6 Å². The van der Waals surface area contributed by atoms with E-state index in [1.54, 1.807) is 6.92 Å². The highest BCUT2D eigenvalue weighted by atomic mass is 32.2. The Kier molecular flexibility index (Phi) is 7.29. The molecule has 0 radical (unpaired) electrons. The summed E-state index contributed by atoms with van der Waals surface area (Å²) in [7, 11) is 1.31. The molecule has 0 aliphatic heterocycles. The van der Waals surface area contributed by atoms with Crippen molar-refractivity contribution in [3.63, 3.8) is 0 Å². The summed E-state index contributed by atoms with van der Waals surface area (Å²) in [5, 5.41) is 15.2. The molecule has 0 fully saturated rings. The highest BCUT2D eigenvalue weighted by Crippen LogP contribution is 2.38. The first-order valence-electron chi connectivity index (χ1n) is 9.72. The average Bonchev–Trinajstić information content (AvgIpc) is 3.09. The van der Waals surface area contributed by atoms with E-state index in [9.17, 15) is 31.5 Å². The van der Waals surface area contributed by atoms with Crippen LogP contribution in [0.5, 0.6) is 0 Å². The SMILES string of the molecule is C[C@H](NC(=O)c1c(C(F)F)nn(C)c1Sc1cccc(C(F)(F)F)c1)c1ccc(C(=O)O)cc1. The Balaban J connectivity index is 1.92. The first kappa shape index (κ1) is 25.2. The quantitative estimate of drug-likeness (QED) is 0.407. The van der Waals surface area contributed by atoms with Crippen LogP contribution >= 0.6 is 11.8 Å². The van der Waals surface area contributed by atoms with Crippen molar-refractivity contribution in [3.05, 3.63) is 76.5 Å². The molecule has 0 spiro atoms. The minimum Gasteiger partial charge on any atom is -0.478 e. The van der Waals surface area contributed by atoms with E-state index in [-0.39, 0.29) is 15.5 Å². The second-order valence-electron chi connectivity index (χ2n) is 7.24. The van der Waals surface area contributed by atoms with Gasteiger partial charge in [0.05, 0.1) is 17.2 Å². The molecule has 0 aliphatic carbocycles. The monoisotopic (exact) mass is 499 g/mol. The first-order valence-corrected chi connectivity index (χ1v) is 10.5. The van der Waals surface area contributed by atoms with Crippen LogP contribution in [0.15, 0.2) is 58.5 Å². The molecular formula is C22H18F5N3O3S. The number of nitrogens with zero attached hydrogens (tertiary/aromatic N) is 2. The van der Waals surface area contributed by atoms with Crippen molar-refractivity contribution >= 4 is 23.6 Å². The van der Waals surface area contributed by atoms with Crippen molar-refractivity contribution < 1.29 is 36.6 Å². The van der Waals surface area contributed by atoms with E-state index in [1.165, 1.54) is 43.4 Å². The van der Waals surface area contributed by atoms with Gasteiger partial charge in [0, 0.05) is 11.9 Å². The molecule has 6 nitrogen and oxygen atoms in total. The molecule has 0 aliphatic rings. The van der Waals surface area contributed by atoms with Gasteiger partial charge in [0.25, 0.3) is 12.3 Å². The molecule has 1 atom stereocenters. The van der Waals surface area contributed by atoms with Crippen LogP contribution in [0.2, 0.25) is 0 Å². The Morgan fingerprint density at radius 3 is 2.32 bits per heavy atom. The molecule has 12 heteroatoms. The van der Waals surface area contributed by atoms with Crippen LogP contribution in [0, 0.1) is 0 Å². The van der Waals surface area contributed by atoms with Crippen LogP contribution in [0.25, 0.3) is 0 Å². The van der Waals surface area contributed by atoms with Crippen molar-refractivity contribution in [2.24, 2.45) is 7.05 Å². The summed E-state index contributed by atoms with van der Waals surface area (Å²) in [6.45, 7) is 1.58. The lowest BCUT2D eigenvalue weighted by Gasteiger charge is -2.16. The highest BCUT2D eigenvalue weighted by Gasteiger charge is 2.32. The molecule has 3 rings (SSSR count). The van der Waals surface area contributed by atoms with Crippen LogP contribution in [-0.4, -0.2) is 26.8 Å². The molecule has 3 aromatic rings. The summed E-state index contributed by atoms with van der Waals surface area (Å²) in [5.41, 5.74) is -1.61. The van der Waals surface area contributed by atoms with Gasteiger partial charge in [-0.1, -0.05) is 30.0 Å². The topological polar surface area (TPSA) is 84.2 Å². The Morgan fingerprint density at radius 1 is 1.12 bits per heavy atom. The first-order chi connectivity index (χ1) is 15.9. The van der Waals surface area contributed by atoms with Crippen molar-refractivity contribution in [2.75, 3.05) is 0 Å². The molecule has 180 valence electrons. The number of aromatic carboxylic acids is 1. The van der Waals surface area contributed by atoms with E-state index in [4.69, 9.17) is 5.11 Å². The fourth-order valence-corrected chi connectivity index (χ4v) is 4.15. The number of alkyl halides is 5. The third-order valence-electron chi connectivity index (χ3n) is 4.84. The zero-order chi connectivity index (χ0) is 25.2. The highest BCUT2D eigenvalue weighted by molar-refractivity contribution is 7.99. The van der Waals surface area contributed by atoms with Crippen LogP contribution in [0.1, 0.15) is 56.9 Å². The number of carboxylic acids is 1. The number of hydrogen-bond acceptors (Lipinski definition) is 4. The van der Waals surface area contributed by atoms with Crippen LogP contribution in [0.4, 0.5) is 22.0 Å². The lowest BCUT2D eigenvalue weighted by molar-refractivity contribution is -0.137. The standard InChI is InChI=1S/C22H18F5N3O3S/c1-11(12-6-8-13(9-7-12)21(32)33)28-19(31)16-17(18(23)24)29-30(2)20(16)34-15-5-3-4-14(10-15)22(25,26)27/h3-11,18H,1-2H3,(H,28,31)(H,32,33)/t11-/m0/s1. The second kappa shape index (κ2) is 9.84. The number of rotatable bonds is 7. The van der Waals surface area contributed by atoms with Gasteiger partial charge in [0.15, 0.2) is 0 Å². The maximum Gasteiger partial charge on any atom is 0.416 e. The van der Waals surface area contributed by atoms with Gasteiger partial charge in [-0.05, 0) is 42.8 Å². The van der Waals surface area contributed by atoms with Gasteiger partial charge in [-0.3, -0.25) is 9.48 Å². The van der Waals surface area contributed by atoms with E-state index < -0.39 is 47.3 Å². The number of nitrogens with one attached hydrogen (secondary N) is 1. The normalized spacial score (nSPS) is 12.6. The van der Waals surface area contributed by atoms with E-state index in [0.29, 0.717) is 17.3 Å². The van der Waals surface area contributed by atoms with E-state index in [1.807, 2.05) is 0 Å². The number of carboxylic acid groups (broad SMARTS) is 1. The van der Waals surface area contributed by atoms with Gasteiger partial charge >= 0.3 is 12.1 Å². The summed E-state index contributed by atoms with van der Waals surface area (Å²) < 4.78 is 67.5. The predicted octanol–water partition coefficient (Wildman–Crippen LogP) is 5.72. The van der Waals surface area contributed by atoms with Crippen LogP contribution < -0.4 is 5.32 Å². The molecule has 34 heavy (non-hydrogen) atoms. The van der Waals surface area contributed by atoms with Gasteiger partial charge < -0.3 is 10.4 Å². The number of aromatic nitrogens is 2. The van der Waals surface area contributed by atoms with Crippen molar-refractivity contribution in [3.8, 4) is 0 Å². The molecular weight excluding hydrogens is 481 g/mol. The minimum atomic E-state index is -4.59. The van der Waals surface area contributed by atoms with Gasteiger partial charge in [0.1, 0.15) is 16.3 Å². The number of amides is 1. The third kappa shape index (κ3) is 5.56. The summed E-state index contributed by atoms with van der Waals surface area (Å²) in [6, 6.07) is 9.22. The molecule has 0 saturated heterocycles. The van der Waals surface area contributed by atoms with Gasteiger partial charge in [0.2, 0.25) is 0 Å². The molecule has 2 aromatic carbocycles. The molecule has 1 amide bonds. The number of halogens is 5. The zero-order valence-corrected chi connectivity index (χ0v) is 18.5. The smallest absolute Gasteiger partial charge is 0.416 e. The summed E-state index contributed by atoms with van der Waals surface area (Å²) in [5.74, 6) is -2.02. The molecule has 1 aromatic heterocycles. The van der Waals surface area contributed by atoms with Gasteiger partial charge in [-0.2, -0.15) is 18.3 Å². The number of carbonyl (C=O) groups excluding carboxylic acids is 1. The molecule has 0 unspecified atom stereocenters. The number of hydrogen-bond donors (Lipinski definition) is 2. The maximum absolute atomic E-state index is 13.7. The average molecular weight is 499 g/mol. The number of benzene rings is 2. The molecule has 0 bridgehead atoms. The lowest BCUT2D eigenvalue weighted by atomic mass is 10.1. The van der Waals surface area contributed by atoms with E-state index >= 15 is 0 Å². The van der Waals surface area contributed by atoms with Crippen molar-refractivity contribution in [1.29, 1.82) is 0 Å². The molecule has 2 N–H and O–H groups in total. The summed E-state index contributed by atoms with van der Waals surface area (Å²) in [4.78, 5) is 24.1. The van der Waals surface area contributed by atoms with Crippen molar-refractivity contribution in [1.82, 2.24) is 15.1 Å². The van der Waals surface area contributed by atoms with Crippen LogP contribution in [0.3, 0.4) is 0 Å². The predicted molar refractivity (Wildman–Crippen MR) is 113 cm³/mol. The Hall–Kier alpha value is -3.41. The Morgan fingerprint density at radius 2 is 1.76 bits per heavy atom. The fraction of sp³-hybridized carbons (Fsp3) is 0.227. The zero-order valence-electron chi connectivity index (χ0n) is 17.7. The Bertz CT molecular complexity index is 1210. The summed E-state index contributed by atoms with van der Waals surface area (Å²) in [6.07, 6.45) is -7.70.